The van der Waals surface area contributed by atoms with Crippen LogP contribution in [0.5, 0.6) is 17.4 Å². The summed E-state index contributed by atoms with van der Waals surface area (Å²) in [7, 11) is 1.58. The number of pyridine rings is 2. The summed E-state index contributed by atoms with van der Waals surface area (Å²) in [5.74, 6) is 1.33. The highest BCUT2D eigenvalue weighted by Crippen LogP contribution is 2.37. The van der Waals surface area contributed by atoms with Gasteiger partial charge in [0.15, 0.2) is 0 Å². The van der Waals surface area contributed by atoms with Gasteiger partial charge in [0, 0.05) is 17.1 Å². The predicted molar refractivity (Wildman–Crippen MR) is 94.9 cm³/mol. The standard InChI is InChI=1S/C17H14Cl2N2O3/c1-8-4-5-12(23-3)9(2)15(8)24-17-14-10(6-13(19)21-17)11(18)7-20-16(14)22/h4-7H,1-3H3,(H,20,22). The van der Waals surface area contributed by atoms with E-state index in [9.17, 15) is 4.79 Å². The van der Waals surface area contributed by atoms with Crippen molar-refractivity contribution < 1.29 is 9.47 Å². The first kappa shape index (κ1) is 16.6. The molecule has 0 saturated carbocycles. The van der Waals surface area contributed by atoms with E-state index in [2.05, 4.69) is 9.97 Å². The molecule has 3 aromatic rings. The zero-order valence-corrected chi connectivity index (χ0v) is 14.7. The Labute approximate surface area is 148 Å². The van der Waals surface area contributed by atoms with Gasteiger partial charge in [0.25, 0.3) is 5.56 Å². The first-order valence-corrected chi connectivity index (χ1v) is 7.87. The average molecular weight is 365 g/mol. The monoisotopic (exact) mass is 364 g/mol. The second-order valence-corrected chi connectivity index (χ2v) is 6.07. The van der Waals surface area contributed by atoms with Crippen LogP contribution in [-0.2, 0) is 0 Å². The molecule has 0 spiro atoms. The molecule has 7 heteroatoms. The Hall–Kier alpha value is -2.24. The van der Waals surface area contributed by atoms with Crippen molar-refractivity contribution in [2.24, 2.45) is 0 Å². The van der Waals surface area contributed by atoms with Crippen molar-refractivity contribution in [1.82, 2.24) is 9.97 Å². The number of ether oxygens (including phenoxy) is 2. The summed E-state index contributed by atoms with van der Waals surface area (Å²) >= 11 is 12.2. The van der Waals surface area contributed by atoms with E-state index in [0.717, 1.165) is 11.1 Å². The molecule has 0 aliphatic heterocycles. The first-order chi connectivity index (χ1) is 11.4. The van der Waals surface area contributed by atoms with E-state index in [4.69, 9.17) is 32.7 Å². The number of H-pyrrole nitrogens is 1. The fourth-order valence-corrected chi connectivity index (χ4v) is 2.93. The lowest BCUT2D eigenvalue weighted by Crippen LogP contribution is -2.08. The van der Waals surface area contributed by atoms with Crippen LogP contribution < -0.4 is 15.0 Å². The van der Waals surface area contributed by atoms with Crippen LogP contribution in [0.4, 0.5) is 0 Å². The van der Waals surface area contributed by atoms with Gasteiger partial charge in [0.1, 0.15) is 22.0 Å². The zero-order valence-electron chi connectivity index (χ0n) is 13.2. The molecule has 0 radical (unpaired) electrons. The van der Waals surface area contributed by atoms with Crippen molar-refractivity contribution in [2.75, 3.05) is 7.11 Å². The summed E-state index contributed by atoms with van der Waals surface area (Å²) in [6.07, 6.45) is 1.41. The number of nitrogens with zero attached hydrogens (tertiary/aromatic N) is 1. The minimum Gasteiger partial charge on any atom is -0.496 e. The summed E-state index contributed by atoms with van der Waals surface area (Å²) < 4.78 is 11.3. The fraction of sp³-hybridized carbons (Fsp3) is 0.176. The summed E-state index contributed by atoms with van der Waals surface area (Å²) in [5, 5.41) is 1.27. The molecule has 0 unspecified atom stereocenters. The number of benzene rings is 1. The number of nitrogens with one attached hydrogen (secondary N) is 1. The molecule has 0 fully saturated rings. The number of rotatable bonds is 3. The Bertz CT molecular complexity index is 999. The van der Waals surface area contributed by atoms with Crippen molar-refractivity contribution in [3.8, 4) is 17.4 Å². The minimum absolute atomic E-state index is 0.0979. The molecule has 1 N–H and O–H groups in total. The Morgan fingerprint density at radius 3 is 2.67 bits per heavy atom. The topological polar surface area (TPSA) is 64.2 Å². The van der Waals surface area contributed by atoms with Crippen molar-refractivity contribution in [1.29, 1.82) is 0 Å². The summed E-state index contributed by atoms with van der Waals surface area (Å²) in [5.41, 5.74) is 1.32. The zero-order chi connectivity index (χ0) is 17.4. The second-order valence-electron chi connectivity index (χ2n) is 5.28. The van der Waals surface area contributed by atoms with Crippen LogP contribution >= 0.6 is 23.2 Å². The van der Waals surface area contributed by atoms with Crippen molar-refractivity contribution >= 4 is 34.0 Å². The lowest BCUT2D eigenvalue weighted by Gasteiger charge is -2.15. The van der Waals surface area contributed by atoms with Crippen LogP contribution in [0.25, 0.3) is 10.8 Å². The van der Waals surface area contributed by atoms with Crippen LogP contribution in [-0.4, -0.2) is 17.1 Å². The Balaban J connectivity index is 2.26. The van der Waals surface area contributed by atoms with E-state index in [0.29, 0.717) is 21.9 Å². The molecule has 2 aromatic heterocycles. The smallest absolute Gasteiger partial charge is 0.261 e. The quantitative estimate of drug-likeness (QED) is 0.687. The van der Waals surface area contributed by atoms with Gasteiger partial charge < -0.3 is 14.5 Å². The molecular formula is C17H14Cl2N2O3. The highest BCUT2D eigenvalue weighted by molar-refractivity contribution is 6.36. The Morgan fingerprint density at radius 1 is 1.21 bits per heavy atom. The summed E-state index contributed by atoms with van der Waals surface area (Å²) in [6, 6.07) is 5.25. The normalized spacial score (nSPS) is 10.9. The summed E-state index contributed by atoms with van der Waals surface area (Å²) in [6.45, 7) is 3.76. The van der Waals surface area contributed by atoms with E-state index in [1.165, 1.54) is 12.3 Å². The number of aromatic amines is 1. The van der Waals surface area contributed by atoms with Crippen LogP contribution in [0.1, 0.15) is 11.1 Å². The maximum atomic E-state index is 12.2. The molecule has 2 heterocycles. The SMILES string of the molecule is COc1ccc(C)c(Oc2nc(Cl)cc3c(Cl)c[nH]c(=O)c23)c1C. The average Bonchev–Trinajstić information content (AvgIpc) is 2.54. The molecule has 124 valence electrons. The number of fused-ring (bicyclic) bond motifs is 1. The van der Waals surface area contributed by atoms with Crippen molar-refractivity contribution in [2.45, 2.75) is 13.8 Å². The lowest BCUT2D eigenvalue weighted by atomic mass is 10.1. The highest BCUT2D eigenvalue weighted by Gasteiger charge is 2.17. The van der Waals surface area contributed by atoms with Crippen LogP contribution in [0.15, 0.2) is 29.2 Å². The number of aryl methyl sites for hydroxylation is 1. The van der Waals surface area contributed by atoms with Crippen molar-refractivity contribution in [3.63, 3.8) is 0 Å². The van der Waals surface area contributed by atoms with Crippen LogP contribution in [0.3, 0.4) is 0 Å². The van der Waals surface area contributed by atoms with Gasteiger partial charge in [-0.15, -0.1) is 0 Å². The van der Waals surface area contributed by atoms with E-state index < -0.39 is 0 Å². The Kier molecular flexibility index (Phi) is 4.39. The molecule has 3 rings (SSSR count). The van der Waals surface area contributed by atoms with E-state index in [-0.39, 0.29) is 22.0 Å². The van der Waals surface area contributed by atoms with E-state index in [1.807, 2.05) is 26.0 Å². The van der Waals surface area contributed by atoms with Gasteiger partial charge >= 0.3 is 0 Å². The van der Waals surface area contributed by atoms with Gasteiger partial charge in [-0.1, -0.05) is 29.3 Å². The van der Waals surface area contributed by atoms with Gasteiger partial charge in [-0.2, -0.15) is 0 Å². The van der Waals surface area contributed by atoms with E-state index >= 15 is 0 Å². The second kappa shape index (κ2) is 6.34. The van der Waals surface area contributed by atoms with Gasteiger partial charge in [-0.05, 0) is 31.5 Å². The highest BCUT2D eigenvalue weighted by atomic mass is 35.5. The maximum absolute atomic E-state index is 12.2. The largest absolute Gasteiger partial charge is 0.496 e. The van der Waals surface area contributed by atoms with Gasteiger partial charge in [0.05, 0.1) is 12.1 Å². The molecule has 0 bridgehead atoms. The van der Waals surface area contributed by atoms with Gasteiger partial charge in [0.2, 0.25) is 5.88 Å². The Morgan fingerprint density at radius 2 is 1.96 bits per heavy atom. The third-order valence-electron chi connectivity index (χ3n) is 3.74. The van der Waals surface area contributed by atoms with Crippen LogP contribution in [0, 0.1) is 13.8 Å². The maximum Gasteiger partial charge on any atom is 0.261 e. The molecule has 0 amide bonds. The number of methoxy groups -OCH3 is 1. The molecule has 24 heavy (non-hydrogen) atoms. The van der Waals surface area contributed by atoms with Crippen molar-refractivity contribution in [3.05, 3.63) is 56.1 Å². The third-order valence-corrected chi connectivity index (χ3v) is 4.25. The predicted octanol–water partition coefficient (Wildman–Crippen LogP) is 4.65. The lowest BCUT2D eigenvalue weighted by molar-refractivity contribution is 0.402. The van der Waals surface area contributed by atoms with Gasteiger partial charge in [-0.25, -0.2) is 4.98 Å². The van der Waals surface area contributed by atoms with Crippen LogP contribution in [0.2, 0.25) is 10.2 Å². The number of aromatic nitrogens is 2. The third kappa shape index (κ3) is 2.81. The van der Waals surface area contributed by atoms with Gasteiger partial charge in [-0.3, -0.25) is 4.79 Å². The molecule has 0 atom stereocenters. The summed E-state index contributed by atoms with van der Waals surface area (Å²) in [4.78, 5) is 19.0. The molecular weight excluding hydrogens is 351 g/mol. The number of halogens is 2. The first-order valence-electron chi connectivity index (χ1n) is 7.12. The number of hydrogen-bond donors (Lipinski definition) is 1. The molecule has 0 aliphatic rings. The van der Waals surface area contributed by atoms with E-state index in [1.54, 1.807) is 7.11 Å². The fourth-order valence-electron chi connectivity index (χ4n) is 2.54. The molecule has 0 aliphatic carbocycles. The molecule has 0 saturated heterocycles. The minimum atomic E-state index is -0.355. The molecule has 5 nitrogen and oxygen atoms in total. The number of hydrogen-bond acceptors (Lipinski definition) is 4. The molecule has 1 aromatic carbocycles.